The summed E-state index contributed by atoms with van der Waals surface area (Å²) >= 11 is 0. The van der Waals surface area contributed by atoms with E-state index in [0.717, 1.165) is 0 Å². The molecule has 0 fully saturated rings. The number of aromatic nitrogens is 3. The number of hydrogen-bond donors (Lipinski definition) is 0. The number of fused-ring (bicyclic) bond motifs is 6. The van der Waals surface area contributed by atoms with Gasteiger partial charge in [0, 0.05) is 16.7 Å². The molecule has 0 amide bonds. The van der Waals surface area contributed by atoms with Crippen LogP contribution in [0.5, 0.6) is 0 Å². The third-order valence-electron chi connectivity index (χ3n) is 7.61. The van der Waals surface area contributed by atoms with Crippen LogP contribution in [0, 0.1) is 0 Å². The summed E-state index contributed by atoms with van der Waals surface area (Å²) in [5.41, 5.74) is -2.06. The smallest absolute Gasteiger partial charge is 0.164 e. The van der Waals surface area contributed by atoms with Crippen LogP contribution < -0.4 is 0 Å². The Labute approximate surface area is 305 Å². The van der Waals surface area contributed by atoms with Gasteiger partial charge in [0.15, 0.2) is 17.5 Å². The number of benzene rings is 8. The molecule has 0 radical (unpaired) electrons. The zero-order chi connectivity index (χ0) is 48.4. The molecule has 48 heavy (non-hydrogen) atoms. The van der Waals surface area contributed by atoms with Crippen LogP contribution in [-0.2, 0) is 0 Å². The molecule has 9 rings (SSSR count). The standard InChI is InChI=1S/C45H29N3/c1-3-12-31(13-4-1)43-46-44(32-14-5-2-6-15-32)48-45(47-43)33-24-22-30(23-25-33)34-16-11-17-35(28-34)36-26-27-41-39-20-8-7-18-37(39)38-19-9-10-21-40(38)42(41)29-36/h1-29H/i7D,8D,9D,10D,11D,16D,17D,18D,19D,20D,21D,22D,23D,24D,25D,26D,27D,28D,29D. The fourth-order valence-corrected chi connectivity index (χ4v) is 5.34. The van der Waals surface area contributed by atoms with Crippen molar-refractivity contribution in [2.45, 2.75) is 0 Å². The van der Waals surface area contributed by atoms with Crippen LogP contribution in [-0.4, -0.2) is 15.0 Å². The lowest BCUT2D eigenvalue weighted by atomic mass is 9.91. The zero-order valence-electron chi connectivity index (χ0n) is 43.6. The summed E-state index contributed by atoms with van der Waals surface area (Å²) in [5, 5.41) is -2.65. The molecule has 3 nitrogen and oxygen atoms in total. The maximum absolute atomic E-state index is 9.63. The predicted octanol–water partition coefficient (Wildman–Crippen LogP) is 11.7. The van der Waals surface area contributed by atoms with Gasteiger partial charge in [-0.15, -0.1) is 0 Å². The highest BCUT2D eigenvalue weighted by Gasteiger charge is 2.13. The molecule has 0 spiro atoms. The number of hydrogen-bond acceptors (Lipinski definition) is 3. The van der Waals surface area contributed by atoms with Crippen molar-refractivity contribution in [1.82, 2.24) is 15.0 Å². The molecule has 0 aliphatic rings. The normalized spacial score (nSPS) is 16.9. The third-order valence-corrected chi connectivity index (χ3v) is 7.61. The lowest BCUT2D eigenvalue weighted by Crippen LogP contribution is -2.00. The van der Waals surface area contributed by atoms with Crippen LogP contribution in [0.15, 0.2) is 175 Å². The van der Waals surface area contributed by atoms with Gasteiger partial charge in [-0.25, -0.2) is 15.0 Å². The topological polar surface area (TPSA) is 38.7 Å². The Morgan fingerprint density at radius 1 is 0.292 bits per heavy atom. The molecular weight excluding hydrogens is 583 g/mol. The Bertz CT molecular complexity index is 3550. The Morgan fingerprint density at radius 2 is 0.688 bits per heavy atom. The van der Waals surface area contributed by atoms with E-state index in [1.165, 1.54) is 0 Å². The molecule has 3 heteroatoms. The summed E-state index contributed by atoms with van der Waals surface area (Å²) in [6.07, 6.45) is 0. The summed E-state index contributed by atoms with van der Waals surface area (Å²) in [7, 11) is 0. The molecule has 8 aromatic carbocycles. The van der Waals surface area contributed by atoms with E-state index < -0.39 is 169 Å². The average Bonchev–Trinajstić information content (AvgIpc) is 3.33. The van der Waals surface area contributed by atoms with Crippen molar-refractivity contribution in [1.29, 1.82) is 0 Å². The van der Waals surface area contributed by atoms with E-state index >= 15 is 0 Å². The van der Waals surface area contributed by atoms with Gasteiger partial charge in [-0.1, -0.05) is 163 Å². The third kappa shape index (κ3) is 4.99. The molecule has 0 atom stereocenters. The van der Waals surface area contributed by atoms with Crippen molar-refractivity contribution in [3.8, 4) is 56.4 Å². The second kappa shape index (κ2) is 11.7. The van der Waals surface area contributed by atoms with Crippen LogP contribution in [0.3, 0.4) is 0 Å². The van der Waals surface area contributed by atoms with E-state index in [4.69, 9.17) is 15.1 Å². The predicted molar refractivity (Wildman–Crippen MR) is 200 cm³/mol. The Hall–Kier alpha value is -6.45. The van der Waals surface area contributed by atoms with Crippen LogP contribution in [0.1, 0.15) is 26.0 Å². The molecule has 0 aliphatic carbocycles. The fraction of sp³-hybridized carbons (Fsp3) is 0. The Balaban J connectivity index is 1.37. The molecule has 9 aromatic rings. The van der Waals surface area contributed by atoms with Crippen molar-refractivity contribution < 1.29 is 26.0 Å². The first-order chi connectivity index (χ1) is 31.7. The first-order valence-corrected chi connectivity index (χ1v) is 14.7. The molecule has 0 saturated carbocycles. The number of nitrogens with zero attached hydrogens (tertiary/aromatic N) is 3. The molecule has 0 bridgehead atoms. The van der Waals surface area contributed by atoms with Gasteiger partial charge in [-0.05, 0) is 66.7 Å². The first kappa shape index (κ1) is 14.5. The van der Waals surface area contributed by atoms with E-state index in [1.807, 2.05) is 0 Å². The summed E-state index contributed by atoms with van der Waals surface area (Å²) < 4.78 is 171. The Kier molecular flexibility index (Phi) is 3.55. The summed E-state index contributed by atoms with van der Waals surface area (Å²) in [5.74, 6) is 0.0661. The van der Waals surface area contributed by atoms with Crippen LogP contribution >= 0.6 is 0 Å². The molecular formula is C45H29N3. The van der Waals surface area contributed by atoms with E-state index in [2.05, 4.69) is 15.0 Å². The van der Waals surface area contributed by atoms with Crippen molar-refractivity contribution in [2.75, 3.05) is 0 Å². The van der Waals surface area contributed by atoms with Crippen molar-refractivity contribution in [2.24, 2.45) is 0 Å². The van der Waals surface area contributed by atoms with E-state index in [0.29, 0.717) is 11.1 Å². The summed E-state index contributed by atoms with van der Waals surface area (Å²) in [6.45, 7) is 0. The quantitative estimate of drug-likeness (QED) is 0.178. The molecule has 0 unspecified atom stereocenters. The van der Waals surface area contributed by atoms with Gasteiger partial charge in [0.2, 0.25) is 0 Å². The molecule has 1 heterocycles. The van der Waals surface area contributed by atoms with E-state index in [-0.39, 0.29) is 23.0 Å². The average molecular weight is 631 g/mol. The highest BCUT2D eigenvalue weighted by molar-refractivity contribution is 6.25. The molecule has 224 valence electrons. The van der Waals surface area contributed by atoms with E-state index in [9.17, 15) is 11.0 Å². The lowest BCUT2D eigenvalue weighted by molar-refractivity contribution is 1.07. The van der Waals surface area contributed by atoms with Gasteiger partial charge in [-0.2, -0.15) is 0 Å². The van der Waals surface area contributed by atoms with Crippen molar-refractivity contribution >= 4 is 32.3 Å². The van der Waals surface area contributed by atoms with Gasteiger partial charge in [0.05, 0.1) is 26.0 Å². The maximum atomic E-state index is 9.63. The highest BCUT2D eigenvalue weighted by atomic mass is 15.0. The van der Waals surface area contributed by atoms with Crippen LogP contribution in [0.2, 0.25) is 0 Å². The van der Waals surface area contributed by atoms with Crippen molar-refractivity contribution in [3.05, 3.63) is 175 Å². The van der Waals surface area contributed by atoms with Gasteiger partial charge in [0.25, 0.3) is 0 Å². The zero-order valence-corrected chi connectivity index (χ0v) is 24.6. The molecule has 0 aliphatic heterocycles. The van der Waals surface area contributed by atoms with Gasteiger partial charge in [0.1, 0.15) is 0 Å². The van der Waals surface area contributed by atoms with Crippen LogP contribution in [0.25, 0.3) is 88.7 Å². The minimum Gasteiger partial charge on any atom is -0.208 e. The lowest BCUT2D eigenvalue weighted by Gasteiger charge is -2.13. The minimum absolute atomic E-state index is 0.153. The SMILES string of the molecule is [2H]c1c([2H])c(-c2c([2H])c([2H])c(-c3nc(-c4ccccc4)nc(-c4ccccc4)n3)c([2H])c2[2H])c([2H])c(-c2c([2H])c([2H])c3c4c([2H])c([2H])c([2H])c([2H])c4c4c([2H])c([2H])c([2H])c([2H])c4c3c2[2H])c1[2H]. The largest absolute Gasteiger partial charge is 0.208 e. The second-order valence-corrected chi connectivity index (χ2v) is 10.5. The van der Waals surface area contributed by atoms with Gasteiger partial charge < -0.3 is 0 Å². The first-order valence-electron chi connectivity index (χ1n) is 24.2. The fourth-order valence-electron chi connectivity index (χ4n) is 5.34. The maximum Gasteiger partial charge on any atom is 0.164 e. The summed E-state index contributed by atoms with van der Waals surface area (Å²) in [4.78, 5) is 13.7. The summed E-state index contributed by atoms with van der Waals surface area (Å²) in [6, 6.07) is 2.29. The van der Waals surface area contributed by atoms with Crippen LogP contribution in [0.4, 0.5) is 0 Å². The van der Waals surface area contributed by atoms with Crippen molar-refractivity contribution in [3.63, 3.8) is 0 Å². The molecule has 1 aromatic heterocycles. The van der Waals surface area contributed by atoms with Gasteiger partial charge in [-0.3, -0.25) is 0 Å². The number of rotatable bonds is 5. The van der Waals surface area contributed by atoms with Gasteiger partial charge >= 0.3 is 0 Å². The monoisotopic (exact) mass is 630 g/mol. The highest BCUT2D eigenvalue weighted by Crippen LogP contribution is 2.38. The molecule has 0 saturated heterocycles. The Morgan fingerprint density at radius 3 is 1.23 bits per heavy atom. The molecule has 0 N–H and O–H groups in total. The minimum atomic E-state index is -0.927. The van der Waals surface area contributed by atoms with E-state index in [1.54, 1.807) is 60.7 Å². The second-order valence-electron chi connectivity index (χ2n) is 10.5.